The monoisotopic (exact) mass is 308 g/mol. The molecule has 7 heteroatoms. The number of hydrogen-bond donors (Lipinski definition) is 0. The van der Waals surface area contributed by atoms with Gasteiger partial charge in [-0.05, 0) is 19.4 Å². The normalized spacial score (nSPS) is 18.4. The molecule has 120 valence electrons. The van der Waals surface area contributed by atoms with Crippen LogP contribution in [0.25, 0.3) is 0 Å². The lowest BCUT2D eigenvalue weighted by molar-refractivity contribution is -0.114. The highest BCUT2D eigenvalue weighted by molar-refractivity contribution is 6.05. The van der Waals surface area contributed by atoms with Crippen LogP contribution in [0.1, 0.15) is 40.4 Å². The molecule has 0 spiro atoms. The molecule has 0 aliphatic carbocycles. The van der Waals surface area contributed by atoms with Crippen molar-refractivity contribution in [2.75, 3.05) is 11.5 Å². The molecular weight excluding hydrogens is 288 g/mol. The van der Waals surface area contributed by atoms with Gasteiger partial charge in [-0.25, -0.2) is 9.69 Å². The van der Waals surface area contributed by atoms with E-state index in [1.165, 1.54) is 11.0 Å². The SMILES string of the molecule is CCOC(=O)OC1C(C)=CC(=O)N1c1cc(C(C)(C)C)on1. The Balaban J connectivity index is 2.25. The number of rotatable bonds is 3. The first-order valence-electron chi connectivity index (χ1n) is 7.06. The quantitative estimate of drug-likeness (QED) is 0.799. The Morgan fingerprint density at radius 2 is 2.14 bits per heavy atom. The molecule has 7 nitrogen and oxygen atoms in total. The number of carbonyl (C=O) groups excluding carboxylic acids is 2. The van der Waals surface area contributed by atoms with Crippen LogP contribution in [0.4, 0.5) is 10.6 Å². The van der Waals surface area contributed by atoms with Crippen LogP contribution in [-0.4, -0.2) is 30.1 Å². The molecule has 0 saturated heterocycles. The third-order valence-electron chi connectivity index (χ3n) is 3.17. The average Bonchev–Trinajstić information content (AvgIpc) is 2.95. The maximum atomic E-state index is 12.1. The second-order valence-electron chi connectivity index (χ2n) is 6.05. The van der Waals surface area contributed by atoms with E-state index in [0.717, 1.165) is 0 Å². The van der Waals surface area contributed by atoms with Crippen LogP contribution in [0, 0.1) is 0 Å². The van der Waals surface area contributed by atoms with Gasteiger partial charge < -0.3 is 14.0 Å². The zero-order valence-corrected chi connectivity index (χ0v) is 13.4. The fourth-order valence-electron chi connectivity index (χ4n) is 2.01. The van der Waals surface area contributed by atoms with Gasteiger partial charge in [-0.15, -0.1) is 0 Å². The lowest BCUT2D eigenvalue weighted by Crippen LogP contribution is -2.38. The Morgan fingerprint density at radius 3 is 2.68 bits per heavy atom. The standard InChI is InChI=1S/C15H20N2O5/c1-6-20-14(19)21-13-9(2)7-12(18)17(13)11-8-10(22-16-11)15(3,4)5/h7-8,13H,6H2,1-5H3. The second-order valence-corrected chi connectivity index (χ2v) is 6.05. The number of carbonyl (C=O) groups is 2. The predicted molar refractivity (Wildman–Crippen MR) is 78.3 cm³/mol. The van der Waals surface area contributed by atoms with Gasteiger partial charge in [-0.1, -0.05) is 25.9 Å². The molecule has 0 bridgehead atoms. The summed E-state index contributed by atoms with van der Waals surface area (Å²) in [5, 5.41) is 3.92. The second kappa shape index (κ2) is 5.82. The lowest BCUT2D eigenvalue weighted by atomic mass is 9.93. The Labute approximate surface area is 128 Å². The molecule has 0 N–H and O–H groups in total. The molecule has 22 heavy (non-hydrogen) atoms. The molecule has 0 radical (unpaired) electrons. The van der Waals surface area contributed by atoms with E-state index in [2.05, 4.69) is 5.16 Å². The van der Waals surface area contributed by atoms with Crippen LogP contribution < -0.4 is 4.90 Å². The largest absolute Gasteiger partial charge is 0.510 e. The van der Waals surface area contributed by atoms with Crippen molar-refractivity contribution in [2.24, 2.45) is 0 Å². The molecule has 1 amide bonds. The van der Waals surface area contributed by atoms with Crippen molar-refractivity contribution in [2.45, 2.75) is 46.3 Å². The van der Waals surface area contributed by atoms with Crippen LogP contribution in [0.15, 0.2) is 22.2 Å². The summed E-state index contributed by atoms with van der Waals surface area (Å²) in [6, 6.07) is 1.67. The molecule has 0 fully saturated rings. The number of aromatic nitrogens is 1. The van der Waals surface area contributed by atoms with Crippen molar-refractivity contribution in [3.8, 4) is 0 Å². The average molecular weight is 308 g/mol. The summed E-state index contributed by atoms with van der Waals surface area (Å²) < 4.78 is 15.2. The van der Waals surface area contributed by atoms with Crippen LogP contribution >= 0.6 is 0 Å². The Bertz CT molecular complexity index is 612. The van der Waals surface area contributed by atoms with E-state index in [1.807, 2.05) is 20.8 Å². The molecule has 0 saturated carbocycles. The van der Waals surface area contributed by atoms with E-state index < -0.39 is 12.4 Å². The summed E-state index contributed by atoms with van der Waals surface area (Å²) in [6.45, 7) is 9.49. The number of ether oxygens (including phenoxy) is 2. The lowest BCUT2D eigenvalue weighted by Gasteiger charge is -2.23. The van der Waals surface area contributed by atoms with Crippen molar-refractivity contribution < 1.29 is 23.6 Å². The number of nitrogens with zero attached hydrogens (tertiary/aromatic N) is 2. The fraction of sp³-hybridized carbons (Fsp3) is 0.533. The minimum Gasteiger partial charge on any atom is -0.435 e. The summed E-state index contributed by atoms with van der Waals surface area (Å²) in [7, 11) is 0. The van der Waals surface area contributed by atoms with Crippen molar-refractivity contribution in [1.82, 2.24) is 5.16 Å². The van der Waals surface area contributed by atoms with E-state index in [-0.39, 0.29) is 17.9 Å². The fourth-order valence-corrected chi connectivity index (χ4v) is 2.01. The maximum Gasteiger partial charge on any atom is 0.510 e. The van der Waals surface area contributed by atoms with Crippen molar-refractivity contribution in [3.63, 3.8) is 0 Å². The molecule has 2 rings (SSSR count). The third kappa shape index (κ3) is 3.13. The van der Waals surface area contributed by atoms with Gasteiger partial charge in [0.1, 0.15) is 5.76 Å². The Morgan fingerprint density at radius 1 is 1.45 bits per heavy atom. The molecule has 1 unspecified atom stereocenters. The van der Waals surface area contributed by atoms with Gasteiger partial charge in [-0.3, -0.25) is 4.79 Å². The highest BCUT2D eigenvalue weighted by Gasteiger charge is 2.37. The number of amides is 1. The Kier molecular flexibility index (Phi) is 4.25. The Hall–Kier alpha value is -2.31. The van der Waals surface area contributed by atoms with Crippen LogP contribution in [0.3, 0.4) is 0 Å². The topological polar surface area (TPSA) is 81.9 Å². The third-order valence-corrected chi connectivity index (χ3v) is 3.17. The minimum atomic E-state index is -0.871. The molecule has 1 atom stereocenters. The van der Waals surface area contributed by atoms with Gasteiger partial charge in [0.25, 0.3) is 5.91 Å². The summed E-state index contributed by atoms with van der Waals surface area (Å²) in [6.07, 6.45) is -0.307. The van der Waals surface area contributed by atoms with E-state index in [1.54, 1.807) is 19.9 Å². The number of hydrogen-bond acceptors (Lipinski definition) is 6. The highest BCUT2D eigenvalue weighted by atomic mass is 16.7. The van der Waals surface area contributed by atoms with E-state index in [4.69, 9.17) is 14.0 Å². The van der Waals surface area contributed by atoms with Gasteiger partial charge in [0.15, 0.2) is 5.82 Å². The predicted octanol–water partition coefficient (Wildman–Crippen LogP) is 2.76. The van der Waals surface area contributed by atoms with E-state index >= 15 is 0 Å². The van der Waals surface area contributed by atoms with Crippen molar-refractivity contribution >= 4 is 17.9 Å². The van der Waals surface area contributed by atoms with Crippen molar-refractivity contribution in [3.05, 3.63) is 23.5 Å². The summed E-state index contributed by atoms with van der Waals surface area (Å²) in [5.41, 5.74) is 0.354. The molecule has 1 aliphatic heterocycles. The molecule has 1 aliphatic rings. The number of anilines is 1. The van der Waals surface area contributed by atoms with E-state index in [0.29, 0.717) is 17.2 Å². The maximum absolute atomic E-state index is 12.1. The smallest absolute Gasteiger partial charge is 0.435 e. The first-order chi connectivity index (χ1) is 10.2. The molecule has 1 aromatic rings. The highest BCUT2D eigenvalue weighted by Crippen LogP contribution is 2.31. The van der Waals surface area contributed by atoms with E-state index in [9.17, 15) is 9.59 Å². The van der Waals surface area contributed by atoms with Gasteiger partial charge in [0.05, 0.1) is 6.61 Å². The van der Waals surface area contributed by atoms with Crippen LogP contribution in [-0.2, 0) is 19.7 Å². The van der Waals surface area contributed by atoms with Crippen molar-refractivity contribution in [1.29, 1.82) is 0 Å². The molecular formula is C15H20N2O5. The zero-order valence-electron chi connectivity index (χ0n) is 13.4. The summed E-state index contributed by atoms with van der Waals surface area (Å²) in [4.78, 5) is 24.9. The van der Waals surface area contributed by atoms with Gasteiger partial charge in [-0.2, -0.15) is 0 Å². The first-order valence-corrected chi connectivity index (χ1v) is 7.06. The van der Waals surface area contributed by atoms with Gasteiger partial charge in [0.2, 0.25) is 6.23 Å². The zero-order chi connectivity index (χ0) is 16.5. The van der Waals surface area contributed by atoms with Gasteiger partial charge >= 0.3 is 6.16 Å². The summed E-state index contributed by atoms with van der Waals surface area (Å²) >= 11 is 0. The minimum absolute atomic E-state index is 0.195. The van der Waals surface area contributed by atoms with Crippen LogP contribution in [0.5, 0.6) is 0 Å². The molecule has 1 aromatic heterocycles. The molecule has 0 aromatic carbocycles. The van der Waals surface area contributed by atoms with Gasteiger partial charge in [0, 0.05) is 17.6 Å². The summed E-state index contributed by atoms with van der Waals surface area (Å²) in [5.74, 6) is 0.618. The first kappa shape index (κ1) is 16.1. The van der Waals surface area contributed by atoms with Crippen LogP contribution in [0.2, 0.25) is 0 Å². The molecule has 2 heterocycles.